The van der Waals surface area contributed by atoms with E-state index in [-0.39, 0.29) is 11.8 Å². The van der Waals surface area contributed by atoms with Gasteiger partial charge in [-0.05, 0) is 13.0 Å². The lowest BCUT2D eigenvalue weighted by molar-refractivity contribution is -0.284. The molecule has 3 aliphatic heterocycles. The van der Waals surface area contributed by atoms with Gasteiger partial charge in [0, 0.05) is 5.92 Å². The van der Waals surface area contributed by atoms with Gasteiger partial charge in [0.2, 0.25) is 0 Å². The van der Waals surface area contributed by atoms with Gasteiger partial charge in [-0.25, -0.2) is 4.79 Å². The number of carbonyl (C=O) groups excluding carboxylic acids is 2. The third-order valence-electron chi connectivity index (χ3n) is 5.06. The molecular formula is C15H16O7. The van der Waals surface area contributed by atoms with E-state index in [9.17, 15) is 14.7 Å². The van der Waals surface area contributed by atoms with Crippen molar-refractivity contribution >= 4 is 11.9 Å². The Balaban J connectivity index is 1.76. The summed E-state index contributed by atoms with van der Waals surface area (Å²) in [6.45, 7) is 1.74. The van der Waals surface area contributed by atoms with Gasteiger partial charge < -0.3 is 24.1 Å². The summed E-state index contributed by atoms with van der Waals surface area (Å²) in [6, 6.07) is 0. The minimum Gasteiger partial charge on any atom is -0.469 e. The molecule has 0 aromatic carbocycles. The number of methoxy groups -OCH3 is 1. The second-order valence-corrected chi connectivity index (χ2v) is 5.91. The number of rotatable bonds is 1. The van der Waals surface area contributed by atoms with Crippen LogP contribution in [0.4, 0.5) is 0 Å². The third kappa shape index (κ3) is 1.46. The number of hydrogen-bond acceptors (Lipinski definition) is 7. The lowest BCUT2D eigenvalue weighted by Crippen LogP contribution is -2.52. The summed E-state index contributed by atoms with van der Waals surface area (Å²) >= 11 is 0. The van der Waals surface area contributed by atoms with Crippen LogP contribution < -0.4 is 0 Å². The second-order valence-electron chi connectivity index (χ2n) is 5.91. The number of ether oxygens (including phenoxy) is 4. The van der Waals surface area contributed by atoms with E-state index in [4.69, 9.17) is 18.9 Å². The van der Waals surface area contributed by atoms with Gasteiger partial charge in [-0.1, -0.05) is 12.2 Å². The molecule has 0 saturated carbocycles. The Morgan fingerprint density at radius 3 is 2.91 bits per heavy atom. The molecule has 7 nitrogen and oxygen atoms in total. The molecule has 3 fully saturated rings. The highest BCUT2D eigenvalue weighted by Gasteiger charge is 2.72. The Bertz CT molecular complexity index is 609. The van der Waals surface area contributed by atoms with Gasteiger partial charge in [-0.2, -0.15) is 0 Å². The van der Waals surface area contributed by atoms with Crippen molar-refractivity contribution in [2.24, 2.45) is 17.8 Å². The Morgan fingerprint density at radius 2 is 2.23 bits per heavy atom. The molecule has 0 aromatic heterocycles. The maximum absolute atomic E-state index is 12.0. The zero-order chi connectivity index (χ0) is 15.6. The number of allylic oxidation sites excluding steroid dienone is 2. The fourth-order valence-electron chi connectivity index (χ4n) is 4.12. The smallest absolute Gasteiger partial charge is 0.337 e. The number of aliphatic hydroxyl groups is 1. The predicted molar refractivity (Wildman–Crippen MR) is 70.0 cm³/mol. The molecule has 7 heteroatoms. The summed E-state index contributed by atoms with van der Waals surface area (Å²) in [4.78, 5) is 24.0. The molecule has 22 heavy (non-hydrogen) atoms. The van der Waals surface area contributed by atoms with Crippen molar-refractivity contribution in [3.8, 4) is 0 Å². The quantitative estimate of drug-likeness (QED) is 0.410. The van der Waals surface area contributed by atoms with E-state index in [1.165, 1.54) is 7.11 Å². The molecule has 0 radical (unpaired) electrons. The molecule has 0 bridgehead atoms. The first-order valence-corrected chi connectivity index (χ1v) is 7.19. The average molecular weight is 308 g/mol. The van der Waals surface area contributed by atoms with Gasteiger partial charge in [-0.3, -0.25) is 4.79 Å². The number of hydrogen-bond donors (Lipinski definition) is 1. The van der Waals surface area contributed by atoms with Crippen molar-refractivity contribution in [2.45, 2.75) is 31.2 Å². The van der Waals surface area contributed by atoms with Gasteiger partial charge in [0.25, 0.3) is 0 Å². The van der Waals surface area contributed by atoms with Crippen LogP contribution in [0, 0.1) is 17.8 Å². The SMILES string of the molecule is C/C=C1\C(=O)O[C@]23C=C[C@@H]4[C@H](C(=O)OC)[C@@H](O)O[C@H](O[C@@H]12)[C@@H]43. The van der Waals surface area contributed by atoms with Gasteiger partial charge in [-0.15, -0.1) is 0 Å². The Morgan fingerprint density at radius 1 is 1.45 bits per heavy atom. The Labute approximate surface area is 126 Å². The lowest BCUT2D eigenvalue weighted by Gasteiger charge is -2.39. The van der Waals surface area contributed by atoms with Crippen LogP contribution >= 0.6 is 0 Å². The first-order valence-electron chi connectivity index (χ1n) is 7.19. The van der Waals surface area contributed by atoms with Crippen LogP contribution in [0.3, 0.4) is 0 Å². The van der Waals surface area contributed by atoms with Crippen LogP contribution in [0.15, 0.2) is 23.8 Å². The monoisotopic (exact) mass is 308 g/mol. The van der Waals surface area contributed by atoms with Crippen molar-refractivity contribution in [3.05, 3.63) is 23.8 Å². The Kier molecular flexibility index (Phi) is 2.79. The maximum Gasteiger partial charge on any atom is 0.337 e. The molecule has 118 valence electrons. The Hall–Kier alpha value is -1.70. The topological polar surface area (TPSA) is 91.3 Å². The highest BCUT2D eigenvalue weighted by atomic mass is 16.8. The van der Waals surface area contributed by atoms with E-state index in [1.54, 1.807) is 25.2 Å². The molecule has 4 aliphatic rings. The maximum atomic E-state index is 12.0. The minimum atomic E-state index is -1.32. The molecule has 0 amide bonds. The summed E-state index contributed by atoms with van der Waals surface area (Å²) in [6.07, 6.45) is 2.59. The second kappa shape index (κ2) is 4.41. The van der Waals surface area contributed by atoms with Crippen molar-refractivity contribution in [3.63, 3.8) is 0 Å². The summed E-state index contributed by atoms with van der Waals surface area (Å²) in [7, 11) is 1.26. The van der Waals surface area contributed by atoms with E-state index < -0.39 is 42.1 Å². The summed E-state index contributed by atoms with van der Waals surface area (Å²) in [5.74, 6) is -2.58. The molecule has 1 aliphatic carbocycles. The standard InChI is InChI=1S/C15H16O7/c1-3-6-10-15(22-11(6)16)5-4-7-8(12(17)19-2)13(18)21-14(20-10)9(7)15/h3-5,7-10,13-14,18H,1-2H3/b6-3-/t7-,8-,9-,10+,13+,14+,15+/m1/s1. The summed E-state index contributed by atoms with van der Waals surface area (Å²) in [5, 5.41) is 10.1. The van der Waals surface area contributed by atoms with Crippen LogP contribution in [-0.4, -0.2) is 48.4 Å². The summed E-state index contributed by atoms with van der Waals surface area (Å²) < 4.78 is 21.6. The number of esters is 2. The molecule has 1 spiro atoms. The van der Waals surface area contributed by atoms with Crippen molar-refractivity contribution in [2.75, 3.05) is 7.11 Å². The van der Waals surface area contributed by atoms with Crippen LogP contribution in [0.25, 0.3) is 0 Å². The average Bonchev–Trinajstić information content (AvgIpc) is 3.07. The molecule has 3 saturated heterocycles. The highest BCUT2D eigenvalue weighted by molar-refractivity contribution is 5.93. The van der Waals surface area contributed by atoms with E-state index in [2.05, 4.69) is 0 Å². The van der Waals surface area contributed by atoms with Gasteiger partial charge in [0.05, 0.1) is 18.6 Å². The number of aliphatic hydroxyl groups excluding tert-OH is 1. The molecule has 4 rings (SSSR count). The van der Waals surface area contributed by atoms with E-state index >= 15 is 0 Å². The van der Waals surface area contributed by atoms with Crippen LogP contribution in [-0.2, 0) is 28.5 Å². The molecule has 0 unspecified atom stereocenters. The van der Waals surface area contributed by atoms with Crippen molar-refractivity contribution < 1.29 is 33.6 Å². The molecule has 1 N–H and O–H groups in total. The van der Waals surface area contributed by atoms with E-state index in [0.717, 1.165) is 0 Å². The molecule has 7 atom stereocenters. The molecular weight excluding hydrogens is 292 g/mol. The van der Waals surface area contributed by atoms with E-state index in [1.807, 2.05) is 0 Å². The highest BCUT2D eigenvalue weighted by Crippen LogP contribution is 2.59. The first kappa shape index (κ1) is 13.9. The predicted octanol–water partition coefficient (Wildman–Crippen LogP) is -0.107. The molecule has 0 aromatic rings. The summed E-state index contributed by atoms with van der Waals surface area (Å²) in [5.41, 5.74) is -0.520. The fourth-order valence-corrected chi connectivity index (χ4v) is 4.12. The van der Waals surface area contributed by atoms with Crippen LogP contribution in [0.1, 0.15) is 6.92 Å². The largest absolute Gasteiger partial charge is 0.469 e. The van der Waals surface area contributed by atoms with E-state index in [0.29, 0.717) is 5.57 Å². The van der Waals surface area contributed by atoms with Crippen LogP contribution in [0.2, 0.25) is 0 Å². The van der Waals surface area contributed by atoms with Gasteiger partial charge in [0.1, 0.15) is 12.0 Å². The number of carbonyl (C=O) groups is 2. The molecule has 3 heterocycles. The zero-order valence-corrected chi connectivity index (χ0v) is 12.1. The van der Waals surface area contributed by atoms with Crippen LogP contribution in [0.5, 0.6) is 0 Å². The fraction of sp³-hybridized carbons (Fsp3) is 0.600. The van der Waals surface area contributed by atoms with Crippen molar-refractivity contribution in [1.82, 2.24) is 0 Å². The normalized spacial score (nSPS) is 50.0. The van der Waals surface area contributed by atoms with Gasteiger partial charge in [0.15, 0.2) is 18.2 Å². The third-order valence-corrected chi connectivity index (χ3v) is 5.06. The van der Waals surface area contributed by atoms with Crippen molar-refractivity contribution in [1.29, 1.82) is 0 Å². The zero-order valence-electron chi connectivity index (χ0n) is 12.1. The van der Waals surface area contributed by atoms with Gasteiger partial charge >= 0.3 is 11.9 Å². The minimum absolute atomic E-state index is 0.366. The lowest BCUT2D eigenvalue weighted by atomic mass is 9.75. The first-order chi connectivity index (χ1) is 10.5.